The number of alkyl halides is 3. The topological polar surface area (TPSA) is 120 Å². The predicted molar refractivity (Wildman–Crippen MR) is 52.6 cm³/mol. The first-order valence-electron chi connectivity index (χ1n) is 4.59. The molecule has 0 fully saturated rings. The van der Waals surface area contributed by atoms with Gasteiger partial charge in [0.1, 0.15) is 0 Å². The Hall–Kier alpha value is -1.27. The quantitative estimate of drug-likeness (QED) is 0.479. The molecule has 19 heavy (non-hydrogen) atoms. The van der Waals surface area contributed by atoms with Crippen LogP contribution in [0.4, 0.5) is 13.2 Å². The van der Waals surface area contributed by atoms with E-state index in [1.807, 2.05) is 0 Å². The van der Waals surface area contributed by atoms with Crippen molar-refractivity contribution < 1.29 is 42.9 Å². The first kappa shape index (κ1) is 26.3. The fourth-order valence-corrected chi connectivity index (χ4v) is 0.231. The van der Waals surface area contributed by atoms with Gasteiger partial charge in [-0.25, -0.2) is 0 Å². The summed E-state index contributed by atoms with van der Waals surface area (Å²) in [6, 6.07) is 0. The third-order valence-corrected chi connectivity index (χ3v) is 0.896. The Balaban J connectivity index is -0.0000000865. The number of hydrogen-bond donors (Lipinski definition) is 0. The molecular formula is C9H12AlF3O6. The van der Waals surface area contributed by atoms with E-state index in [-0.39, 0.29) is 17.4 Å². The average molecular weight is 300 g/mol. The van der Waals surface area contributed by atoms with E-state index in [9.17, 15) is 42.9 Å². The van der Waals surface area contributed by atoms with E-state index in [1.54, 1.807) is 0 Å². The summed E-state index contributed by atoms with van der Waals surface area (Å²) in [4.78, 5) is 27.7. The van der Waals surface area contributed by atoms with E-state index in [0.717, 1.165) is 0 Å². The molecule has 0 rings (SSSR count). The van der Waals surface area contributed by atoms with Crippen molar-refractivity contribution in [2.75, 3.05) is 20.0 Å². The normalized spacial score (nSPS) is 7.74. The summed E-state index contributed by atoms with van der Waals surface area (Å²) in [6.45, 7) is -2.49. The molecule has 108 valence electrons. The number of carbonyl (C=O) groups excluding carboxylic acids is 3. The van der Waals surface area contributed by atoms with Crippen LogP contribution in [0, 0.1) is 0 Å². The van der Waals surface area contributed by atoms with Gasteiger partial charge in [0.25, 0.3) is 0 Å². The zero-order valence-corrected chi connectivity index (χ0v) is 11.1. The van der Waals surface area contributed by atoms with Crippen LogP contribution < -0.4 is 15.3 Å². The zero-order valence-electron chi connectivity index (χ0n) is 9.90. The Kier molecular flexibility index (Phi) is 30.4. The molecule has 0 unspecified atom stereocenters. The van der Waals surface area contributed by atoms with Gasteiger partial charge in [-0.05, 0) is 0 Å². The molecule has 0 N–H and O–H groups in total. The first-order chi connectivity index (χ1) is 8.31. The maximum atomic E-state index is 10.8. The summed E-state index contributed by atoms with van der Waals surface area (Å²) in [5, 5.41) is 27.7. The van der Waals surface area contributed by atoms with Crippen LogP contribution in [0.25, 0.3) is 0 Å². The molecule has 10 heteroatoms. The summed E-state index contributed by atoms with van der Waals surface area (Å²) in [5.74, 6) is -4.01. The molecule has 0 atom stereocenters. The predicted octanol–water partition coefficient (Wildman–Crippen LogP) is -3.09. The minimum Gasteiger partial charge on any atom is -0.550 e. The molecule has 0 aromatic carbocycles. The van der Waals surface area contributed by atoms with Crippen molar-refractivity contribution in [3.05, 3.63) is 0 Å². The Morgan fingerprint density at radius 3 is 0.789 bits per heavy atom. The molecule has 0 amide bonds. The molecule has 0 aliphatic heterocycles. The van der Waals surface area contributed by atoms with Gasteiger partial charge in [0, 0.05) is 37.2 Å². The van der Waals surface area contributed by atoms with Gasteiger partial charge in [-0.3, -0.25) is 13.2 Å². The minimum atomic E-state index is -1.34. The van der Waals surface area contributed by atoms with Crippen LogP contribution in [-0.4, -0.2) is 55.3 Å². The maximum absolute atomic E-state index is 10.8. The Morgan fingerprint density at radius 2 is 0.789 bits per heavy atom. The van der Waals surface area contributed by atoms with E-state index >= 15 is 0 Å². The zero-order chi connectivity index (χ0) is 15.0. The smallest absolute Gasteiger partial charge is 0.550 e. The number of rotatable bonds is 6. The maximum Gasteiger partial charge on any atom is 3.00 e. The number of aliphatic carboxylic acids is 3. The molecule has 0 bridgehead atoms. The van der Waals surface area contributed by atoms with Gasteiger partial charge in [0.2, 0.25) is 0 Å². The standard InChI is InChI=1S/3C3H5FO2.Al/c3*4-2-1-3(5)6;/h3*1-2H2,(H,5,6);/q;;;+3/p-3. The van der Waals surface area contributed by atoms with Crippen molar-refractivity contribution >= 4 is 35.3 Å². The summed E-state index contributed by atoms with van der Waals surface area (Å²) in [5.41, 5.74) is 0. The molecule has 0 heterocycles. The number of carboxylic acids is 3. The second kappa shape index (κ2) is 22.0. The van der Waals surface area contributed by atoms with Gasteiger partial charge >= 0.3 is 17.4 Å². The van der Waals surface area contributed by atoms with Crippen LogP contribution in [0.5, 0.6) is 0 Å². The average Bonchev–Trinajstić information content (AvgIpc) is 2.18. The van der Waals surface area contributed by atoms with Gasteiger partial charge in [-0.15, -0.1) is 0 Å². The number of carboxylic acid groups (broad SMARTS) is 3. The van der Waals surface area contributed by atoms with Crippen molar-refractivity contribution in [3.8, 4) is 0 Å². The molecule has 0 spiro atoms. The fraction of sp³-hybridized carbons (Fsp3) is 0.667. The molecule has 0 saturated carbocycles. The molecule has 0 aromatic rings. The number of halogens is 3. The largest absolute Gasteiger partial charge is 3.00 e. The van der Waals surface area contributed by atoms with Crippen molar-refractivity contribution in [2.24, 2.45) is 0 Å². The Bertz CT molecular complexity index is 202. The second-order valence-corrected chi connectivity index (χ2v) is 2.43. The molecule has 6 nitrogen and oxygen atoms in total. The summed E-state index contributed by atoms with van der Waals surface area (Å²) in [6.07, 6.45) is -1.46. The van der Waals surface area contributed by atoms with E-state index < -0.39 is 57.2 Å². The van der Waals surface area contributed by atoms with Crippen LogP contribution in [0.1, 0.15) is 19.3 Å². The molecule has 0 aromatic heterocycles. The third kappa shape index (κ3) is 60.7. The van der Waals surface area contributed by atoms with Crippen molar-refractivity contribution in [2.45, 2.75) is 19.3 Å². The molecule has 0 aliphatic rings. The van der Waals surface area contributed by atoms with Crippen LogP contribution in [0.15, 0.2) is 0 Å². The van der Waals surface area contributed by atoms with Gasteiger partial charge in [-0.1, -0.05) is 0 Å². The third-order valence-electron chi connectivity index (χ3n) is 0.896. The van der Waals surface area contributed by atoms with Crippen molar-refractivity contribution in [1.82, 2.24) is 0 Å². The van der Waals surface area contributed by atoms with Crippen LogP contribution in [0.3, 0.4) is 0 Å². The monoisotopic (exact) mass is 300 g/mol. The van der Waals surface area contributed by atoms with E-state index in [2.05, 4.69) is 0 Å². The SMILES string of the molecule is O=C([O-])CCF.O=C([O-])CCF.O=C([O-])CCF.[Al+3]. The van der Waals surface area contributed by atoms with E-state index in [4.69, 9.17) is 0 Å². The summed E-state index contributed by atoms with van der Waals surface area (Å²) < 4.78 is 32.5. The Morgan fingerprint density at radius 1 is 0.632 bits per heavy atom. The van der Waals surface area contributed by atoms with Gasteiger partial charge in [0.15, 0.2) is 0 Å². The summed E-state index contributed by atoms with van der Waals surface area (Å²) in [7, 11) is 0. The molecule has 0 radical (unpaired) electrons. The van der Waals surface area contributed by atoms with Gasteiger partial charge in [0.05, 0.1) is 20.0 Å². The van der Waals surface area contributed by atoms with E-state index in [1.165, 1.54) is 0 Å². The van der Waals surface area contributed by atoms with Crippen LogP contribution >= 0.6 is 0 Å². The first-order valence-corrected chi connectivity index (χ1v) is 4.59. The number of carbonyl (C=O) groups is 3. The molecule has 0 saturated heterocycles. The fourth-order valence-electron chi connectivity index (χ4n) is 0.231. The van der Waals surface area contributed by atoms with Crippen LogP contribution in [0.2, 0.25) is 0 Å². The van der Waals surface area contributed by atoms with Crippen molar-refractivity contribution in [1.29, 1.82) is 0 Å². The van der Waals surface area contributed by atoms with Crippen LogP contribution in [-0.2, 0) is 14.4 Å². The molecule has 0 aliphatic carbocycles. The van der Waals surface area contributed by atoms with Crippen molar-refractivity contribution in [3.63, 3.8) is 0 Å². The Labute approximate surface area is 118 Å². The summed E-state index contributed by atoms with van der Waals surface area (Å²) >= 11 is 0. The molecular weight excluding hydrogens is 288 g/mol. The van der Waals surface area contributed by atoms with Gasteiger partial charge < -0.3 is 29.7 Å². The second-order valence-electron chi connectivity index (χ2n) is 2.43. The van der Waals surface area contributed by atoms with E-state index in [0.29, 0.717) is 0 Å². The van der Waals surface area contributed by atoms with Gasteiger partial charge in [-0.2, -0.15) is 0 Å². The minimum absolute atomic E-state index is 0. The number of hydrogen-bond acceptors (Lipinski definition) is 6.